The lowest BCUT2D eigenvalue weighted by atomic mass is 9.80. The number of pyridine rings is 2. The van der Waals surface area contributed by atoms with Crippen LogP contribution in [0.4, 0.5) is 15.9 Å². The highest BCUT2D eigenvalue weighted by molar-refractivity contribution is 6.34. The minimum absolute atomic E-state index is 0.0139. The Kier molecular flexibility index (Phi) is 5.56. The standard InChI is InChI=1S/C25H25ClFN5O2/c1-32(2)24(33)19-17(28)7-6-15(22(19)27)16-12-30-23-20(21(16)26)25(13-31-23)9-8-14(11-25)34-18-5-3-4-10-29-18/h3-7,10,12,14H,8-9,11,13,28H2,1-2H3,(H,30,31)/t14-,25-/m0/s1. The van der Waals surface area contributed by atoms with E-state index in [1.807, 2.05) is 18.2 Å². The fourth-order valence-corrected chi connectivity index (χ4v) is 5.47. The van der Waals surface area contributed by atoms with Gasteiger partial charge in [-0.15, -0.1) is 0 Å². The van der Waals surface area contributed by atoms with Gasteiger partial charge in [-0.2, -0.15) is 0 Å². The molecule has 9 heteroatoms. The van der Waals surface area contributed by atoms with E-state index in [0.717, 1.165) is 24.8 Å². The summed E-state index contributed by atoms with van der Waals surface area (Å²) in [4.78, 5) is 22.7. The predicted octanol–water partition coefficient (Wildman–Crippen LogP) is 4.51. The summed E-state index contributed by atoms with van der Waals surface area (Å²) in [6.45, 7) is 0.676. The number of fused-ring (bicyclic) bond motifs is 2. The van der Waals surface area contributed by atoms with Crippen LogP contribution in [0.15, 0.2) is 42.7 Å². The number of ether oxygens (including phenoxy) is 1. The fraction of sp³-hybridized carbons (Fsp3) is 0.320. The van der Waals surface area contributed by atoms with E-state index in [1.54, 1.807) is 32.6 Å². The molecule has 176 valence electrons. The number of nitrogen functional groups attached to an aromatic ring is 1. The molecule has 2 aromatic heterocycles. The average molecular weight is 482 g/mol. The second-order valence-corrected chi connectivity index (χ2v) is 9.46. The van der Waals surface area contributed by atoms with E-state index in [1.165, 1.54) is 11.0 Å². The number of halogens is 2. The Balaban J connectivity index is 1.52. The number of amides is 1. The minimum atomic E-state index is -0.704. The molecule has 0 bridgehead atoms. The number of aromatic nitrogens is 2. The van der Waals surface area contributed by atoms with E-state index in [4.69, 9.17) is 22.1 Å². The van der Waals surface area contributed by atoms with Crippen molar-refractivity contribution in [2.45, 2.75) is 30.8 Å². The van der Waals surface area contributed by atoms with Gasteiger partial charge in [0.15, 0.2) is 0 Å². The molecule has 1 aliphatic carbocycles. The van der Waals surface area contributed by atoms with Crippen molar-refractivity contribution in [2.24, 2.45) is 0 Å². The summed E-state index contributed by atoms with van der Waals surface area (Å²) in [7, 11) is 3.10. The van der Waals surface area contributed by atoms with Crippen molar-refractivity contribution >= 4 is 29.0 Å². The van der Waals surface area contributed by atoms with Gasteiger partial charge in [0.05, 0.1) is 10.6 Å². The Hall–Kier alpha value is -3.39. The lowest BCUT2D eigenvalue weighted by Gasteiger charge is -2.25. The van der Waals surface area contributed by atoms with Crippen molar-refractivity contribution < 1.29 is 13.9 Å². The second-order valence-electron chi connectivity index (χ2n) is 9.08. The number of rotatable bonds is 4. The van der Waals surface area contributed by atoms with Gasteiger partial charge < -0.3 is 20.7 Å². The number of hydrogen-bond donors (Lipinski definition) is 2. The van der Waals surface area contributed by atoms with Crippen LogP contribution in [0, 0.1) is 5.82 Å². The molecule has 7 nitrogen and oxygen atoms in total. The highest BCUT2D eigenvalue weighted by Gasteiger charge is 2.48. The van der Waals surface area contributed by atoms with Crippen molar-refractivity contribution in [1.29, 1.82) is 0 Å². The molecule has 3 aromatic rings. The van der Waals surface area contributed by atoms with E-state index < -0.39 is 11.7 Å². The quantitative estimate of drug-likeness (QED) is 0.532. The van der Waals surface area contributed by atoms with Gasteiger partial charge in [0.25, 0.3) is 5.91 Å². The van der Waals surface area contributed by atoms with E-state index in [2.05, 4.69) is 15.3 Å². The first-order valence-electron chi connectivity index (χ1n) is 11.1. The molecular weight excluding hydrogens is 457 g/mol. The molecule has 34 heavy (non-hydrogen) atoms. The van der Waals surface area contributed by atoms with Crippen LogP contribution in [0.2, 0.25) is 5.02 Å². The zero-order chi connectivity index (χ0) is 24.0. The maximum Gasteiger partial charge on any atom is 0.258 e. The van der Waals surface area contributed by atoms with Crippen LogP contribution < -0.4 is 15.8 Å². The highest BCUT2D eigenvalue weighted by atomic mass is 35.5. The van der Waals surface area contributed by atoms with Crippen molar-refractivity contribution in [3.8, 4) is 17.0 Å². The Labute approximate surface area is 202 Å². The van der Waals surface area contributed by atoms with Crippen molar-refractivity contribution in [1.82, 2.24) is 14.9 Å². The number of nitrogens with two attached hydrogens (primary N) is 1. The van der Waals surface area contributed by atoms with Crippen LogP contribution in [0.3, 0.4) is 0 Å². The van der Waals surface area contributed by atoms with Crippen LogP contribution in [0.5, 0.6) is 5.88 Å². The summed E-state index contributed by atoms with van der Waals surface area (Å²) >= 11 is 6.95. The van der Waals surface area contributed by atoms with Crippen LogP contribution in [-0.2, 0) is 5.41 Å². The third-order valence-electron chi connectivity index (χ3n) is 6.71. The molecule has 0 saturated heterocycles. The summed E-state index contributed by atoms with van der Waals surface area (Å²) in [6.07, 6.45) is 5.67. The average Bonchev–Trinajstić information content (AvgIpc) is 3.39. The van der Waals surface area contributed by atoms with Crippen LogP contribution in [-0.4, -0.2) is 47.5 Å². The smallest absolute Gasteiger partial charge is 0.258 e. The zero-order valence-electron chi connectivity index (χ0n) is 18.9. The third-order valence-corrected chi connectivity index (χ3v) is 7.11. The molecule has 1 fully saturated rings. The molecule has 0 radical (unpaired) electrons. The lowest BCUT2D eigenvalue weighted by molar-refractivity contribution is 0.0824. The monoisotopic (exact) mass is 481 g/mol. The number of benzene rings is 1. The third kappa shape index (κ3) is 3.62. The van der Waals surface area contributed by atoms with Crippen LogP contribution >= 0.6 is 11.6 Å². The van der Waals surface area contributed by atoms with Gasteiger partial charge >= 0.3 is 0 Å². The molecule has 1 aromatic carbocycles. The summed E-state index contributed by atoms with van der Waals surface area (Å²) < 4.78 is 21.7. The zero-order valence-corrected chi connectivity index (χ0v) is 19.7. The Morgan fingerprint density at radius 2 is 2.09 bits per heavy atom. The first kappa shape index (κ1) is 22.4. The Bertz CT molecular complexity index is 1270. The lowest BCUT2D eigenvalue weighted by Crippen LogP contribution is -2.27. The van der Waals surface area contributed by atoms with Gasteiger partial charge in [-0.05, 0) is 37.5 Å². The molecule has 1 saturated carbocycles. The van der Waals surface area contributed by atoms with Crippen molar-refractivity contribution in [3.05, 3.63) is 64.7 Å². The summed E-state index contributed by atoms with van der Waals surface area (Å²) in [5.41, 5.74) is 7.07. The first-order chi connectivity index (χ1) is 16.3. The van der Waals surface area contributed by atoms with E-state index in [9.17, 15) is 4.79 Å². The van der Waals surface area contributed by atoms with Gasteiger partial charge in [-0.25, -0.2) is 14.4 Å². The molecule has 5 rings (SSSR count). The number of carbonyl (C=O) groups excluding carboxylic acids is 1. The first-order valence-corrected chi connectivity index (χ1v) is 11.5. The molecule has 2 atom stereocenters. The number of nitrogens with zero attached hydrogens (tertiary/aromatic N) is 3. The van der Waals surface area contributed by atoms with E-state index in [-0.39, 0.29) is 28.3 Å². The molecule has 2 aliphatic rings. The van der Waals surface area contributed by atoms with Gasteiger partial charge in [0.1, 0.15) is 17.7 Å². The predicted molar refractivity (Wildman–Crippen MR) is 130 cm³/mol. The van der Waals surface area contributed by atoms with Crippen molar-refractivity contribution in [3.63, 3.8) is 0 Å². The topological polar surface area (TPSA) is 93.4 Å². The molecule has 1 amide bonds. The minimum Gasteiger partial charge on any atom is -0.474 e. The van der Waals surface area contributed by atoms with Gasteiger partial charge in [-0.3, -0.25) is 4.79 Å². The highest BCUT2D eigenvalue weighted by Crippen LogP contribution is 2.52. The molecular formula is C25H25ClFN5O2. The molecule has 1 aliphatic heterocycles. The molecule has 3 heterocycles. The van der Waals surface area contributed by atoms with Gasteiger partial charge in [0, 0.05) is 66.9 Å². The molecule has 3 N–H and O–H groups in total. The summed E-state index contributed by atoms with van der Waals surface area (Å²) in [5, 5.41) is 3.79. The Morgan fingerprint density at radius 3 is 2.82 bits per heavy atom. The second kappa shape index (κ2) is 8.43. The van der Waals surface area contributed by atoms with Crippen molar-refractivity contribution in [2.75, 3.05) is 31.7 Å². The molecule has 1 spiro atoms. The van der Waals surface area contributed by atoms with E-state index >= 15 is 4.39 Å². The fourth-order valence-electron chi connectivity index (χ4n) is 5.03. The summed E-state index contributed by atoms with van der Waals surface area (Å²) in [6, 6.07) is 8.65. The van der Waals surface area contributed by atoms with Gasteiger partial charge in [0.2, 0.25) is 5.88 Å². The maximum absolute atomic E-state index is 15.6. The largest absolute Gasteiger partial charge is 0.474 e. The number of nitrogens with one attached hydrogen (secondary N) is 1. The SMILES string of the molecule is CN(C)C(=O)c1c(N)ccc(-c2cnc3c(c2Cl)[C@]2(CC[C@H](Oc4ccccn4)C2)CN3)c1F. The number of hydrogen-bond acceptors (Lipinski definition) is 6. The van der Waals surface area contributed by atoms with E-state index in [0.29, 0.717) is 28.8 Å². The molecule has 0 unspecified atom stereocenters. The summed E-state index contributed by atoms with van der Waals surface area (Å²) in [5.74, 6) is 0.0825. The van der Waals surface area contributed by atoms with Crippen LogP contribution in [0.1, 0.15) is 35.2 Å². The number of anilines is 2. The van der Waals surface area contributed by atoms with Gasteiger partial charge in [-0.1, -0.05) is 17.7 Å². The maximum atomic E-state index is 15.6. The number of carbonyl (C=O) groups is 1. The Morgan fingerprint density at radius 1 is 1.26 bits per heavy atom. The normalized spacial score (nSPS) is 20.8. The van der Waals surface area contributed by atoms with Crippen LogP contribution in [0.25, 0.3) is 11.1 Å².